The van der Waals surface area contributed by atoms with Gasteiger partial charge in [-0.3, -0.25) is 0 Å². The summed E-state index contributed by atoms with van der Waals surface area (Å²) < 4.78 is 5.97. The number of hydrogen-bond donors (Lipinski definition) is 1. The highest BCUT2D eigenvalue weighted by molar-refractivity contribution is 6.29. The fourth-order valence-corrected chi connectivity index (χ4v) is 2.14. The Morgan fingerprint density at radius 3 is 2.80 bits per heavy atom. The lowest BCUT2D eigenvalue weighted by molar-refractivity contribution is 0.00916. The minimum absolute atomic E-state index is 0.0545. The predicted octanol–water partition coefficient (Wildman–Crippen LogP) is 2.89. The highest BCUT2D eigenvalue weighted by Crippen LogP contribution is 2.26. The molecule has 2 rings (SSSR count). The molecule has 5 nitrogen and oxygen atoms in total. The van der Waals surface area contributed by atoms with Crippen molar-refractivity contribution in [2.75, 3.05) is 27.2 Å². The molecule has 0 saturated carbocycles. The van der Waals surface area contributed by atoms with Crippen LogP contribution in [0.4, 0.5) is 0 Å². The van der Waals surface area contributed by atoms with Crippen LogP contribution in [0.15, 0.2) is 12.3 Å². The van der Waals surface area contributed by atoms with Crippen molar-refractivity contribution in [3.05, 3.63) is 23.2 Å². The molecule has 0 aliphatic carbocycles. The van der Waals surface area contributed by atoms with Gasteiger partial charge in [-0.2, -0.15) is 0 Å². The van der Waals surface area contributed by atoms with Gasteiger partial charge in [-0.05, 0) is 20.0 Å². The second-order valence-electron chi connectivity index (χ2n) is 5.48. The number of hydrogen-bond acceptors (Lipinski definition) is 4. The summed E-state index contributed by atoms with van der Waals surface area (Å²) >= 11 is 5.89. The molecule has 0 saturated heterocycles. The first-order valence-electron chi connectivity index (χ1n) is 6.75. The van der Waals surface area contributed by atoms with Crippen molar-refractivity contribution in [1.29, 1.82) is 0 Å². The zero-order chi connectivity index (χ0) is 14.7. The second kappa shape index (κ2) is 6.52. The zero-order valence-corrected chi connectivity index (χ0v) is 13.1. The minimum atomic E-state index is -0.0545. The average Bonchev–Trinajstić information content (AvgIpc) is 2.76. The summed E-state index contributed by atoms with van der Waals surface area (Å²) in [4.78, 5) is 14.0. The number of H-pyrrole nitrogens is 1. The molecule has 0 spiro atoms. The van der Waals surface area contributed by atoms with Crippen LogP contribution in [0.5, 0.6) is 0 Å². The van der Waals surface area contributed by atoms with Gasteiger partial charge in [-0.25, -0.2) is 9.97 Å². The van der Waals surface area contributed by atoms with Crippen molar-refractivity contribution >= 4 is 22.6 Å². The Hall–Kier alpha value is -1.17. The molecule has 2 aromatic heterocycles. The van der Waals surface area contributed by atoms with Gasteiger partial charge < -0.3 is 14.6 Å². The monoisotopic (exact) mass is 296 g/mol. The van der Waals surface area contributed by atoms with Gasteiger partial charge in [-0.1, -0.05) is 25.4 Å². The molecule has 1 unspecified atom stereocenters. The first kappa shape index (κ1) is 15.2. The number of nitrogens with zero attached hydrogens (tertiary/aromatic N) is 3. The highest BCUT2D eigenvalue weighted by Gasteiger charge is 2.20. The van der Waals surface area contributed by atoms with E-state index in [1.807, 2.05) is 14.1 Å². The Morgan fingerprint density at radius 2 is 2.15 bits per heavy atom. The molecule has 0 radical (unpaired) electrons. The third kappa shape index (κ3) is 3.69. The van der Waals surface area contributed by atoms with Crippen molar-refractivity contribution in [3.63, 3.8) is 0 Å². The van der Waals surface area contributed by atoms with E-state index in [1.54, 1.807) is 12.3 Å². The fourth-order valence-electron chi connectivity index (χ4n) is 1.99. The van der Waals surface area contributed by atoms with Gasteiger partial charge >= 0.3 is 0 Å². The second-order valence-corrected chi connectivity index (χ2v) is 5.87. The number of nitrogens with one attached hydrogen (secondary N) is 1. The smallest absolute Gasteiger partial charge is 0.136 e. The minimum Gasteiger partial charge on any atom is -0.369 e. The van der Waals surface area contributed by atoms with Gasteiger partial charge in [0.2, 0.25) is 0 Å². The maximum absolute atomic E-state index is 5.97. The number of ether oxygens (including phenoxy) is 1. The van der Waals surface area contributed by atoms with Crippen LogP contribution in [0.1, 0.15) is 25.8 Å². The van der Waals surface area contributed by atoms with E-state index in [-0.39, 0.29) is 6.10 Å². The molecule has 2 aromatic rings. The summed E-state index contributed by atoms with van der Waals surface area (Å²) in [6.45, 7) is 5.81. The van der Waals surface area contributed by atoms with Crippen LogP contribution in [0.3, 0.4) is 0 Å². The Bertz CT molecular complexity index is 567. The van der Waals surface area contributed by atoms with Gasteiger partial charge in [0.25, 0.3) is 0 Å². The first-order valence-corrected chi connectivity index (χ1v) is 7.12. The van der Waals surface area contributed by atoms with Crippen molar-refractivity contribution in [2.24, 2.45) is 5.92 Å². The van der Waals surface area contributed by atoms with Crippen LogP contribution in [-0.4, -0.2) is 47.1 Å². The van der Waals surface area contributed by atoms with Gasteiger partial charge in [0.15, 0.2) is 0 Å². The summed E-state index contributed by atoms with van der Waals surface area (Å²) in [7, 11) is 4.06. The van der Waals surface area contributed by atoms with Gasteiger partial charge in [-0.15, -0.1) is 0 Å². The van der Waals surface area contributed by atoms with E-state index in [2.05, 4.69) is 33.7 Å². The zero-order valence-electron chi connectivity index (χ0n) is 12.4. The topological polar surface area (TPSA) is 54.0 Å². The van der Waals surface area contributed by atoms with E-state index in [0.29, 0.717) is 17.7 Å². The molecular weight excluding hydrogens is 276 g/mol. The first-order chi connectivity index (χ1) is 9.47. The number of aromatic nitrogens is 3. The quantitative estimate of drug-likeness (QED) is 0.833. The lowest BCUT2D eigenvalue weighted by Gasteiger charge is -2.20. The largest absolute Gasteiger partial charge is 0.369 e. The molecule has 0 amide bonds. The van der Waals surface area contributed by atoms with E-state index < -0.39 is 0 Å². The summed E-state index contributed by atoms with van der Waals surface area (Å²) in [6.07, 6.45) is 1.65. The van der Waals surface area contributed by atoms with Gasteiger partial charge in [0.05, 0.1) is 23.8 Å². The predicted molar refractivity (Wildman–Crippen MR) is 81.0 cm³/mol. The maximum Gasteiger partial charge on any atom is 0.136 e. The number of aromatic amines is 1. The van der Waals surface area contributed by atoms with Crippen LogP contribution >= 0.6 is 11.6 Å². The van der Waals surface area contributed by atoms with Crippen LogP contribution in [-0.2, 0) is 4.74 Å². The number of imidazole rings is 1. The normalized spacial score (nSPS) is 13.6. The number of halogens is 1. The third-order valence-corrected chi connectivity index (χ3v) is 3.27. The summed E-state index contributed by atoms with van der Waals surface area (Å²) in [5, 5.41) is 0.449. The molecule has 110 valence electrons. The Balaban J connectivity index is 2.18. The summed E-state index contributed by atoms with van der Waals surface area (Å²) in [6, 6.07) is 1.76. The molecule has 0 aromatic carbocycles. The lowest BCUT2D eigenvalue weighted by Crippen LogP contribution is -2.21. The van der Waals surface area contributed by atoms with Crippen molar-refractivity contribution in [2.45, 2.75) is 20.0 Å². The number of pyridine rings is 1. The molecule has 0 aliphatic heterocycles. The van der Waals surface area contributed by atoms with Crippen LogP contribution in [0.2, 0.25) is 5.15 Å². The van der Waals surface area contributed by atoms with E-state index in [9.17, 15) is 0 Å². The lowest BCUT2D eigenvalue weighted by atomic mass is 10.1. The van der Waals surface area contributed by atoms with Crippen LogP contribution < -0.4 is 0 Å². The van der Waals surface area contributed by atoms with E-state index in [0.717, 1.165) is 23.4 Å². The van der Waals surface area contributed by atoms with E-state index in [1.165, 1.54) is 0 Å². The summed E-state index contributed by atoms with van der Waals surface area (Å²) in [5.41, 5.74) is 1.70. The fraction of sp³-hybridized carbons (Fsp3) is 0.571. The van der Waals surface area contributed by atoms with Gasteiger partial charge in [0, 0.05) is 12.6 Å². The molecule has 1 atom stereocenters. The summed E-state index contributed by atoms with van der Waals surface area (Å²) in [5.74, 6) is 1.17. The standard InChI is InChI=1S/C14H21ClN4O/c1-9(2)13(20-6-5-19(3)4)14-17-10-7-12(15)16-8-11(10)18-14/h7-9,13H,5-6H2,1-4H3,(H,17,18). The average molecular weight is 297 g/mol. The molecule has 2 heterocycles. The molecule has 0 bridgehead atoms. The van der Waals surface area contributed by atoms with E-state index in [4.69, 9.17) is 16.3 Å². The molecule has 20 heavy (non-hydrogen) atoms. The Morgan fingerprint density at radius 1 is 1.40 bits per heavy atom. The Kier molecular flexibility index (Phi) is 4.96. The molecule has 0 fully saturated rings. The number of fused-ring (bicyclic) bond motifs is 1. The molecule has 6 heteroatoms. The van der Waals surface area contributed by atoms with Crippen molar-refractivity contribution in [3.8, 4) is 0 Å². The van der Waals surface area contributed by atoms with Crippen molar-refractivity contribution < 1.29 is 4.74 Å². The number of likely N-dealkylation sites (N-methyl/N-ethyl adjacent to an activating group) is 1. The van der Waals surface area contributed by atoms with Crippen LogP contribution in [0, 0.1) is 5.92 Å². The highest BCUT2D eigenvalue weighted by atomic mass is 35.5. The maximum atomic E-state index is 5.97. The van der Waals surface area contributed by atoms with Gasteiger partial charge in [0.1, 0.15) is 17.1 Å². The van der Waals surface area contributed by atoms with Crippen LogP contribution in [0.25, 0.3) is 11.0 Å². The Labute approximate surface area is 124 Å². The molecular formula is C14H21ClN4O. The van der Waals surface area contributed by atoms with E-state index >= 15 is 0 Å². The number of rotatable bonds is 6. The van der Waals surface area contributed by atoms with Crippen molar-refractivity contribution in [1.82, 2.24) is 19.9 Å². The molecule has 0 aliphatic rings. The third-order valence-electron chi connectivity index (χ3n) is 3.06. The SMILES string of the molecule is CC(C)C(OCCN(C)C)c1nc2cc(Cl)ncc2[nH]1. The molecule has 1 N–H and O–H groups in total.